The summed E-state index contributed by atoms with van der Waals surface area (Å²) in [5.74, 6) is 1.74. The Kier molecular flexibility index (Phi) is 6.81. The van der Waals surface area contributed by atoms with Gasteiger partial charge in [-0.25, -0.2) is 19.9 Å². The first kappa shape index (κ1) is 22.6. The third kappa shape index (κ3) is 5.27. The van der Waals surface area contributed by atoms with Crippen molar-refractivity contribution in [2.24, 2.45) is 5.18 Å². The van der Waals surface area contributed by atoms with E-state index < -0.39 is 0 Å². The molecule has 0 atom stereocenters. The van der Waals surface area contributed by atoms with Crippen LogP contribution in [0.5, 0.6) is 0 Å². The maximum atomic E-state index is 10.7. The van der Waals surface area contributed by atoms with Gasteiger partial charge in [0.05, 0.1) is 22.0 Å². The number of halogens is 2. The second-order valence-corrected chi connectivity index (χ2v) is 8.08. The summed E-state index contributed by atoms with van der Waals surface area (Å²) in [6.45, 7) is 4.75. The van der Waals surface area contributed by atoms with Crippen LogP contribution in [0, 0.1) is 18.8 Å². The van der Waals surface area contributed by atoms with Gasteiger partial charge in [0.25, 0.3) is 0 Å². The van der Waals surface area contributed by atoms with Gasteiger partial charge >= 0.3 is 0 Å². The minimum Gasteiger partial charge on any atom is -0.368 e. The monoisotopic (exact) mass is 482 g/mol. The molecule has 4 rings (SSSR count). The van der Waals surface area contributed by atoms with Gasteiger partial charge in [0, 0.05) is 41.8 Å². The highest BCUT2D eigenvalue weighted by atomic mass is 35.5. The minimum absolute atomic E-state index is 0.326. The van der Waals surface area contributed by atoms with Crippen molar-refractivity contribution in [3.8, 4) is 22.6 Å². The molecule has 4 aromatic rings. The van der Waals surface area contributed by atoms with E-state index in [2.05, 4.69) is 35.7 Å². The molecule has 168 valence electrons. The molecule has 0 amide bonds. The summed E-state index contributed by atoms with van der Waals surface area (Å²) in [6, 6.07) is 8.60. The lowest BCUT2D eigenvalue weighted by Crippen LogP contribution is -2.16. The molecule has 0 aliphatic carbocycles. The zero-order valence-corrected chi connectivity index (χ0v) is 19.4. The number of nitrogens with zero attached hydrogens (tertiary/aromatic N) is 5. The molecule has 11 heteroatoms. The average Bonchev–Trinajstić information content (AvgIpc) is 3.23. The Morgan fingerprint density at radius 1 is 0.970 bits per heavy atom. The van der Waals surface area contributed by atoms with Crippen molar-refractivity contribution in [1.82, 2.24) is 24.9 Å². The van der Waals surface area contributed by atoms with E-state index >= 15 is 0 Å². The van der Waals surface area contributed by atoms with Crippen LogP contribution in [0.25, 0.3) is 22.6 Å². The Labute approximate surface area is 200 Å². The number of benzene rings is 1. The molecule has 3 aromatic heterocycles. The lowest BCUT2D eigenvalue weighted by atomic mass is 10.1. The molecule has 0 unspecified atom stereocenters. The van der Waals surface area contributed by atoms with E-state index in [0.29, 0.717) is 57.8 Å². The van der Waals surface area contributed by atoms with Crippen molar-refractivity contribution >= 4 is 40.7 Å². The van der Waals surface area contributed by atoms with Crippen LogP contribution in [0.2, 0.25) is 10.0 Å². The van der Waals surface area contributed by atoms with Gasteiger partial charge in [-0.1, -0.05) is 23.2 Å². The number of aryl methyl sites for hydroxylation is 2. The van der Waals surface area contributed by atoms with Crippen LogP contribution in [0.15, 0.2) is 47.9 Å². The molecule has 33 heavy (non-hydrogen) atoms. The topological polar surface area (TPSA) is 121 Å². The van der Waals surface area contributed by atoms with Gasteiger partial charge in [-0.15, -0.1) is 4.91 Å². The van der Waals surface area contributed by atoms with Crippen molar-refractivity contribution in [2.75, 3.05) is 23.7 Å². The quantitative estimate of drug-likeness (QED) is 0.215. The first-order valence-electron chi connectivity index (χ1n) is 10.1. The Morgan fingerprint density at radius 2 is 1.79 bits per heavy atom. The fourth-order valence-corrected chi connectivity index (χ4v) is 3.69. The predicted molar refractivity (Wildman–Crippen MR) is 131 cm³/mol. The maximum Gasteiger partial charge on any atom is 0.223 e. The largest absolute Gasteiger partial charge is 0.368 e. The number of aromatic nitrogens is 5. The van der Waals surface area contributed by atoms with Gasteiger partial charge in [-0.3, -0.25) is 0 Å². The van der Waals surface area contributed by atoms with Crippen LogP contribution in [-0.4, -0.2) is 38.0 Å². The Balaban J connectivity index is 1.53. The number of hydrogen-bond acceptors (Lipinski definition) is 8. The molecule has 0 bridgehead atoms. The molecule has 0 fully saturated rings. The van der Waals surface area contributed by atoms with Crippen LogP contribution < -0.4 is 10.6 Å². The fraction of sp³-hybridized carbons (Fsp3) is 0.182. The van der Waals surface area contributed by atoms with E-state index in [0.717, 1.165) is 16.8 Å². The van der Waals surface area contributed by atoms with Crippen molar-refractivity contribution in [2.45, 2.75) is 13.8 Å². The highest BCUT2D eigenvalue weighted by Crippen LogP contribution is 2.35. The van der Waals surface area contributed by atoms with Gasteiger partial charge in [-0.2, -0.15) is 0 Å². The highest BCUT2D eigenvalue weighted by Gasteiger charge is 2.16. The number of anilines is 2. The van der Waals surface area contributed by atoms with E-state index in [1.165, 1.54) is 0 Å². The van der Waals surface area contributed by atoms with Crippen LogP contribution in [0.3, 0.4) is 0 Å². The number of H-pyrrole nitrogens is 1. The van der Waals surface area contributed by atoms with E-state index in [-0.39, 0.29) is 0 Å². The number of aromatic amines is 1. The van der Waals surface area contributed by atoms with Crippen molar-refractivity contribution in [3.05, 3.63) is 69.1 Å². The molecular weight excluding hydrogens is 463 g/mol. The summed E-state index contributed by atoms with van der Waals surface area (Å²) in [5.41, 5.74) is 3.89. The molecule has 0 saturated heterocycles. The number of hydrogen-bond donors (Lipinski definition) is 3. The van der Waals surface area contributed by atoms with Crippen LogP contribution >= 0.6 is 23.2 Å². The molecule has 3 N–H and O–H groups in total. The molecule has 0 saturated carbocycles. The Hall–Kier alpha value is -3.56. The van der Waals surface area contributed by atoms with E-state index in [9.17, 15) is 4.91 Å². The number of pyridine rings is 1. The van der Waals surface area contributed by atoms with Crippen LogP contribution in [-0.2, 0) is 0 Å². The maximum absolute atomic E-state index is 10.7. The summed E-state index contributed by atoms with van der Waals surface area (Å²) >= 11 is 12.5. The molecule has 0 radical (unpaired) electrons. The minimum atomic E-state index is 0.326. The normalized spacial score (nSPS) is 10.8. The molecule has 1 aromatic carbocycles. The molecule has 0 spiro atoms. The summed E-state index contributed by atoms with van der Waals surface area (Å²) in [5, 5.41) is 10.3. The first-order chi connectivity index (χ1) is 15.9. The second kappa shape index (κ2) is 9.93. The van der Waals surface area contributed by atoms with Gasteiger partial charge in [-0.05, 0) is 49.4 Å². The summed E-state index contributed by atoms with van der Waals surface area (Å²) in [7, 11) is 0. The smallest absolute Gasteiger partial charge is 0.223 e. The zero-order valence-electron chi connectivity index (χ0n) is 17.9. The molecule has 3 heterocycles. The highest BCUT2D eigenvalue weighted by molar-refractivity contribution is 6.36. The van der Waals surface area contributed by atoms with Gasteiger partial charge in [0.1, 0.15) is 17.3 Å². The van der Waals surface area contributed by atoms with Crippen molar-refractivity contribution in [1.29, 1.82) is 0 Å². The SMILES string of the molecule is Cc1cnc(-c2cnc(NCCNc3ccc(N=O)c(C)n3)nc2-c2ccc(Cl)cc2Cl)[nH]1. The molecule has 9 nitrogen and oxygen atoms in total. The third-order valence-electron chi connectivity index (χ3n) is 4.80. The number of nitroso groups, excluding NO2 is 1. The molecule has 0 aliphatic heterocycles. The van der Waals surface area contributed by atoms with E-state index in [1.807, 2.05) is 13.0 Å². The predicted octanol–water partition coefficient (Wildman–Crippen LogP) is 5.77. The lowest BCUT2D eigenvalue weighted by Gasteiger charge is -2.12. The summed E-state index contributed by atoms with van der Waals surface area (Å²) in [6.07, 6.45) is 3.45. The Bertz CT molecular complexity index is 1310. The standard InChI is InChI=1S/C22H20Cl2N8O/c1-12-10-27-21(29-12)16-11-28-22(31-20(16)15-4-3-14(23)9-17(15)24)26-8-7-25-19-6-5-18(32-33)13(2)30-19/h3-6,9-11H,7-8H2,1-2H3,(H,25,30)(H,27,29)(H,26,28,31). The molecular formula is C22H20Cl2N8O. The van der Waals surface area contributed by atoms with Gasteiger partial charge < -0.3 is 15.6 Å². The number of rotatable bonds is 8. The summed E-state index contributed by atoms with van der Waals surface area (Å²) < 4.78 is 0. The Morgan fingerprint density at radius 3 is 2.48 bits per heavy atom. The van der Waals surface area contributed by atoms with Crippen LogP contribution in [0.1, 0.15) is 11.4 Å². The van der Waals surface area contributed by atoms with Gasteiger partial charge in [0.15, 0.2) is 0 Å². The first-order valence-corrected chi connectivity index (χ1v) is 10.8. The van der Waals surface area contributed by atoms with E-state index in [1.54, 1.807) is 43.6 Å². The lowest BCUT2D eigenvalue weighted by molar-refractivity contribution is 1.01. The number of nitrogens with one attached hydrogen (secondary N) is 3. The average molecular weight is 483 g/mol. The number of imidazole rings is 1. The van der Waals surface area contributed by atoms with Crippen LogP contribution in [0.4, 0.5) is 17.5 Å². The summed E-state index contributed by atoms with van der Waals surface area (Å²) in [4.78, 5) is 31.7. The zero-order chi connectivity index (χ0) is 23.4. The van der Waals surface area contributed by atoms with Crippen molar-refractivity contribution in [3.63, 3.8) is 0 Å². The molecule has 0 aliphatic rings. The fourth-order valence-electron chi connectivity index (χ4n) is 3.19. The van der Waals surface area contributed by atoms with Crippen molar-refractivity contribution < 1.29 is 0 Å². The second-order valence-electron chi connectivity index (χ2n) is 7.24. The van der Waals surface area contributed by atoms with Gasteiger partial charge in [0.2, 0.25) is 5.95 Å². The third-order valence-corrected chi connectivity index (χ3v) is 5.35. The van der Waals surface area contributed by atoms with E-state index in [4.69, 9.17) is 28.2 Å².